The predicted octanol–water partition coefficient (Wildman–Crippen LogP) is 3.59. The molecule has 20 heteroatoms. The van der Waals surface area contributed by atoms with Crippen LogP contribution in [0.25, 0.3) is 11.0 Å². The van der Waals surface area contributed by atoms with Crippen molar-refractivity contribution in [2.75, 3.05) is 83.4 Å². The molecule has 7 heterocycles. The summed E-state index contributed by atoms with van der Waals surface area (Å²) in [5.41, 5.74) is 5.15. The highest BCUT2D eigenvalue weighted by atomic mass is 32.2. The SMILES string of the molecule is CS(=O)(=O)N1CCc2cccc(Nc3nc(Nc4ccc(N5CCC(NCCNCC6CN(c7ccc8c(c7)C(=O)N(C7CCC(=O)NC7=O)C8=O)C6)CC5)c(F)c4)nc4[nH]ccc34)c21. The second-order valence-electron chi connectivity index (χ2n) is 17.3. The van der Waals surface area contributed by atoms with E-state index in [-0.39, 0.29) is 35.7 Å². The van der Waals surface area contributed by atoms with Gasteiger partial charge in [0.1, 0.15) is 23.3 Å². The number of piperidine rings is 2. The van der Waals surface area contributed by atoms with Gasteiger partial charge < -0.3 is 36.1 Å². The summed E-state index contributed by atoms with van der Waals surface area (Å²) >= 11 is 0. The zero-order valence-electron chi connectivity index (χ0n) is 35.7. The Kier molecular flexibility index (Phi) is 11.1. The average molecular weight is 905 g/mol. The smallest absolute Gasteiger partial charge is 0.262 e. The van der Waals surface area contributed by atoms with Crippen LogP contribution in [0.1, 0.15) is 52.0 Å². The molecule has 5 aliphatic rings. The van der Waals surface area contributed by atoms with Crippen molar-refractivity contribution < 1.29 is 32.0 Å². The van der Waals surface area contributed by atoms with E-state index in [1.165, 1.54) is 16.6 Å². The van der Waals surface area contributed by atoms with Crippen molar-refractivity contribution >= 4 is 84.9 Å². The summed E-state index contributed by atoms with van der Waals surface area (Å²) in [6.07, 6.45) is 5.53. The van der Waals surface area contributed by atoms with Gasteiger partial charge in [0.15, 0.2) is 0 Å². The molecule has 1 atom stereocenters. The van der Waals surface area contributed by atoms with Crippen LogP contribution in [0.4, 0.5) is 44.6 Å². The van der Waals surface area contributed by atoms with Crippen LogP contribution in [0.2, 0.25) is 0 Å². The highest BCUT2D eigenvalue weighted by Crippen LogP contribution is 2.40. The van der Waals surface area contributed by atoms with Gasteiger partial charge in [0, 0.05) is 88.3 Å². The third kappa shape index (κ3) is 8.32. The van der Waals surface area contributed by atoms with E-state index in [9.17, 15) is 27.6 Å². The van der Waals surface area contributed by atoms with E-state index >= 15 is 4.39 Å². The molecular formula is C45H49FN12O6S. The van der Waals surface area contributed by atoms with Crippen LogP contribution in [0.5, 0.6) is 0 Å². The summed E-state index contributed by atoms with van der Waals surface area (Å²) in [5, 5.41) is 16.6. The summed E-state index contributed by atoms with van der Waals surface area (Å²) in [4.78, 5) is 67.9. The largest absolute Gasteiger partial charge is 0.371 e. The van der Waals surface area contributed by atoms with Crippen LogP contribution in [0.3, 0.4) is 0 Å². The number of rotatable bonds is 14. The number of fused-ring (bicyclic) bond motifs is 3. The molecule has 3 aromatic carbocycles. The van der Waals surface area contributed by atoms with Crippen molar-refractivity contribution in [2.24, 2.45) is 5.92 Å². The van der Waals surface area contributed by atoms with E-state index < -0.39 is 39.7 Å². The highest BCUT2D eigenvalue weighted by Gasteiger charge is 2.45. The molecule has 3 fully saturated rings. The zero-order chi connectivity index (χ0) is 45.0. The summed E-state index contributed by atoms with van der Waals surface area (Å²) in [7, 11) is -3.48. The van der Waals surface area contributed by atoms with E-state index in [1.54, 1.807) is 24.4 Å². The van der Waals surface area contributed by atoms with Gasteiger partial charge in [-0.05, 0) is 79.8 Å². The van der Waals surface area contributed by atoms with E-state index in [1.807, 2.05) is 36.4 Å². The molecule has 5 aromatic rings. The van der Waals surface area contributed by atoms with E-state index in [2.05, 4.69) is 46.4 Å². The predicted molar refractivity (Wildman–Crippen MR) is 244 cm³/mol. The topological polar surface area (TPSA) is 217 Å². The number of imide groups is 2. The van der Waals surface area contributed by atoms with Gasteiger partial charge in [-0.25, -0.2) is 12.8 Å². The summed E-state index contributed by atoms with van der Waals surface area (Å²) < 4.78 is 42.3. The first-order chi connectivity index (χ1) is 31.4. The minimum Gasteiger partial charge on any atom is -0.371 e. The number of hydrogen-bond donors (Lipinski definition) is 6. The van der Waals surface area contributed by atoms with Crippen molar-refractivity contribution in [2.45, 2.75) is 44.2 Å². The molecule has 0 bridgehead atoms. The number of carbonyl (C=O) groups excluding carboxylic acids is 4. The van der Waals surface area contributed by atoms with E-state index in [0.717, 1.165) is 61.7 Å². The van der Waals surface area contributed by atoms with Crippen LogP contribution in [-0.2, 0) is 26.0 Å². The normalized spacial score (nSPS) is 19.2. The number of aromatic nitrogens is 3. The minimum atomic E-state index is -3.48. The molecule has 1 unspecified atom stereocenters. The lowest BCUT2D eigenvalue weighted by Gasteiger charge is -2.41. The number of para-hydroxylation sites is 1. The summed E-state index contributed by atoms with van der Waals surface area (Å²) in [5.74, 6) is -1.23. The van der Waals surface area contributed by atoms with Crippen LogP contribution in [0, 0.1) is 11.7 Å². The second-order valence-corrected chi connectivity index (χ2v) is 19.2. The molecule has 338 valence electrons. The quantitative estimate of drug-likeness (QED) is 0.0694. The first-order valence-corrected chi connectivity index (χ1v) is 23.8. The Morgan fingerprint density at radius 3 is 2.45 bits per heavy atom. The number of nitrogens with one attached hydrogen (secondary N) is 6. The molecule has 65 heavy (non-hydrogen) atoms. The second kappa shape index (κ2) is 17.1. The van der Waals surface area contributed by atoms with Crippen LogP contribution >= 0.6 is 0 Å². The molecule has 6 N–H and O–H groups in total. The van der Waals surface area contributed by atoms with Crippen molar-refractivity contribution in [3.05, 3.63) is 89.4 Å². The molecule has 3 saturated heterocycles. The average Bonchev–Trinajstić information content (AvgIpc) is 3.99. The lowest BCUT2D eigenvalue weighted by molar-refractivity contribution is -0.136. The van der Waals surface area contributed by atoms with Crippen molar-refractivity contribution in [3.8, 4) is 0 Å². The number of nitrogens with zero attached hydrogens (tertiary/aromatic N) is 6. The monoisotopic (exact) mass is 904 g/mol. The first-order valence-electron chi connectivity index (χ1n) is 22.0. The Balaban J connectivity index is 0.667. The van der Waals surface area contributed by atoms with Gasteiger partial charge in [-0.1, -0.05) is 12.1 Å². The maximum atomic E-state index is 15.7. The molecule has 0 radical (unpaired) electrons. The number of aromatic amines is 1. The van der Waals surface area contributed by atoms with Crippen molar-refractivity contribution in [1.82, 2.24) is 35.8 Å². The molecule has 18 nitrogen and oxygen atoms in total. The maximum absolute atomic E-state index is 15.7. The fraction of sp³-hybridized carbons (Fsp3) is 0.378. The zero-order valence-corrected chi connectivity index (χ0v) is 36.5. The Morgan fingerprint density at radius 2 is 1.66 bits per heavy atom. The molecule has 0 aliphatic carbocycles. The Morgan fingerprint density at radius 1 is 0.846 bits per heavy atom. The number of carbonyl (C=O) groups is 4. The molecular weight excluding hydrogens is 856 g/mol. The summed E-state index contributed by atoms with van der Waals surface area (Å²) in [6.45, 7) is 5.88. The van der Waals surface area contributed by atoms with Crippen LogP contribution in [-0.4, -0.2) is 123 Å². The standard InChI is InChI=1S/C45H49FN12O6S/c1-65(63,64)57-20-12-27-3-2-4-35(39(27)57)51-41-32-11-15-49-40(32)53-45(54-41)50-29-5-8-36(34(46)21-29)55-18-13-28(14-19-55)48-17-16-47-23-26-24-56(25-26)30-6-7-31-33(22-30)44(62)58(43(31)61)37-9-10-38(59)52-42(37)60/h2-8,11,15,21-22,26,28,37,47-48H,9-10,12-14,16-20,23-25H2,1H3,(H,52,59,60)(H3,49,50,51,53,54). The van der Waals surface area contributed by atoms with Crippen LogP contribution in [0.15, 0.2) is 66.9 Å². The van der Waals surface area contributed by atoms with Crippen molar-refractivity contribution in [3.63, 3.8) is 0 Å². The number of sulfonamides is 1. The van der Waals surface area contributed by atoms with Gasteiger partial charge in [-0.2, -0.15) is 9.97 Å². The van der Waals surface area contributed by atoms with Gasteiger partial charge in [0.05, 0.1) is 39.8 Å². The lowest BCUT2D eigenvalue weighted by Crippen LogP contribution is -2.54. The van der Waals surface area contributed by atoms with Gasteiger partial charge in [-0.15, -0.1) is 0 Å². The number of hydrogen-bond acceptors (Lipinski definition) is 14. The molecule has 5 aliphatic heterocycles. The Labute approximate surface area is 374 Å². The molecule has 0 spiro atoms. The molecule has 4 amide bonds. The first kappa shape index (κ1) is 42.3. The molecule has 2 aromatic heterocycles. The van der Waals surface area contributed by atoms with Gasteiger partial charge in [0.2, 0.25) is 27.8 Å². The number of anilines is 7. The number of amides is 4. The maximum Gasteiger partial charge on any atom is 0.262 e. The van der Waals surface area contributed by atoms with E-state index in [4.69, 9.17) is 4.98 Å². The summed E-state index contributed by atoms with van der Waals surface area (Å²) in [6, 6.07) is 17.1. The Bertz CT molecular complexity index is 2840. The number of H-pyrrole nitrogens is 1. The third-order valence-electron chi connectivity index (χ3n) is 13.0. The minimum absolute atomic E-state index is 0.0805. The van der Waals surface area contributed by atoms with Gasteiger partial charge >= 0.3 is 0 Å². The number of benzene rings is 3. The molecule has 10 rings (SSSR count). The van der Waals surface area contributed by atoms with E-state index in [0.29, 0.717) is 77.6 Å². The van der Waals surface area contributed by atoms with Crippen LogP contribution < -0.4 is 40.7 Å². The van der Waals surface area contributed by atoms with Gasteiger partial charge in [0.25, 0.3) is 11.8 Å². The third-order valence-corrected chi connectivity index (χ3v) is 14.1. The lowest BCUT2D eigenvalue weighted by atomic mass is 9.98. The van der Waals surface area contributed by atoms with Crippen molar-refractivity contribution in [1.29, 1.82) is 0 Å². The van der Waals surface area contributed by atoms with Gasteiger partial charge in [-0.3, -0.25) is 33.7 Å². The fourth-order valence-corrected chi connectivity index (χ4v) is 10.6. The fourth-order valence-electron chi connectivity index (χ4n) is 9.60. The number of halogens is 1. The molecule has 0 saturated carbocycles. The highest BCUT2D eigenvalue weighted by molar-refractivity contribution is 7.92. The Hall–Kier alpha value is -6.64.